The Morgan fingerprint density at radius 2 is 2.60 bits per heavy atom. The van der Waals surface area contributed by atoms with Gasteiger partial charge in [0.25, 0.3) is 0 Å². The summed E-state index contributed by atoms with van der Waals surface area (Å²) >= 11 is 5.42. The van der Waals surface area contributed by atoms with Crippen LogP contribution in [0.15, 0.2) is 0 Å². The fraction of sp³-hybridized carbons (Fsp3) is 0.833. The second kappa shape index (κ2) is 3.78. The van der Waals surface area contributed by atoms with Crippen LogP contribution in [0.5, 0.6) is 0 Å². The first-order chi connectivity index (χ1) is 4.83. The van der Waals surface area contributed by atoms with E-state index in [2.05, 4.69) is 5.32 Å². The van der Waals surface area contributed by atoms with Crippen LogP contribution in [-0.2, 0) is 0 Å². The minimum Gasteiger partial charge on any atom is -0.388 e. The molecule has 0 saturated heterocycles. The zero-order chi connectivity index (χ0) is 7.40. The molecular formula is C6H12ClN2O+. The van der Waals surface area contributed by atoms with Crippen LogP contribution in [0.2, 0.25) is 0 Å². The molecule has 2 N–H and O–H groups in total. The summed E-state index contributed by atoms with van der Waals surface area (Å²) < 4.78 is 2.02. The highest BCUT2D eigenvalue weighted by atomic mass is 35.5. The van der Waals surface area contributed by atoms with E-state index in [1.165, 1.54) is 0 Å². The third-order valence-corrected chi connectivity index (χ3v) is 1.80. The van der Waals surface area contributed by atoms with Crippen molar-refractivity contribution in [1.82, 2.24) is 5.32 Å². The van der Waals surface area contributed by atoms with Crippen molar-refractivity contribution < 1.29 is 9.68 Å². The summed E-state index contributed by atoms with van der Waals surface area (Å²) in [5.74, 6) is 0.310. The second-order valence-corrected chi connectivity index (χ2v) is 2.69. The predicted octanol–water partition coefficient (Wildman–Crippen LogP) is -0.770. The first kappa shape index (κ1) is 7.82. The Labute approximate surface area is 65.3 Å². The van der Waals surface area contributed by atoms with Crippen LogP contribution in [0.3, 0.4) is 0 Å². The van der Waals surface area contributed by atoms with Gasteiger partial charge in [-0.3, -0.25) is 9.89 Å². The van der Waals surface area contributed by atoms with Crippen LogP contribution >= 0.6 is 11.6 Å². The predicted molar refractivity (Wildman–Crippen MR) is 40.8 cm³/mol. The first-order valence-electron chi connectivity index (χ1n) is 3.37. The summed E-state index contributed by atoms with van der Waals surface area (Å²) in [5.41, 5.74) is 0. The Kier molecular flexibility index (Phi) is 2.96. The number of aliphatic hydroxyl groups is 1. The van der Waals surface area contributed by atoms with E-state index >= 15 is 0 Å². The Hall–Kier alpha value is -0.280. The molecule has 0 saturated carbocycles. The zero-order valence-corrected chi connectivity index (χ0v) is 6.51. The highest BCUT2D eigenvalue weighted by molar-refractivity contribution is 6.18. The van der Waals surface area contributed by atoms with Crippen LogP contribution in [0.4, 0.5) is 0 Å². The molecule has 1 rings (SSSR count). The van der Waals surface area contributed by atoms with Gasteiger partial charge in [-0.1, -0.05) is 0 Å². The third kappa shape index (κ3) is 2.15. The van der Waals surface area contributed by atoms with Crippen LogP contribution in [0.25, 0.3) is 0 Å². The Balaban J connectivity index is 2.23. The quantitative estimate of drug-likeness (QED) is 0.424. The lowest BCUT2D eigenvalue weighted by molar-refractivity contribution is -0.521. The maximum absolute atomic E-state index is 9.10. The lowest BCUT2D eigenvalue weighted by Crippen LogP contribution is -2.25. The van der Waals surface area contributed by atoms with Crippen molar-refractivity contribution in [1.29, 1.82) is 0 Å². The molecule has 58 valence electrons. The largest absolute Gasteiger partial charge is 0.388 e. The molecule has 0 aromatic rings. The lowest BCUT2D eigenvalue weighted by atomic mass is 10.4. The number of halogens is 1. The number of aliphatic hydroxyl groups excluding tert-OH is 1. The average molecular weight is 164 g/mol. The van der Waals surface area contributed by atoms with E-state index in [0.717, 1.165) is 13.1 Å². The van der Waals surface area contributed by atoms with Crippen LogP contribution in [0, 0.1) is 0 Å². The van der Waals surface area contributed by atoms with Gasteiger partial charge in [0, 0.05) is 0 Å². The van der Waals surface area contributed by atoms with E-state index in [1.54, 1.807) is 0 Å². The van der Waals surface area contributed by atoms with Gasteiger partial charge in [-0.15, -0.1) is 11.6 Å². The van der Waals surface area contributed by atoms with E-state index in [0.29, 0.717) is 12.4 Å². The molecule has 0 bridgehead atoms. The fourth-order valence-corrected chi connectivity index (χ4v) is 1.03. The van der Waals surface area contributed by atoms with E-state index in [9.17, 15) is 0 Å². The number of β-amino-alcohol motifs (C(OH)–C–C–N with tert-alkyl or cyclic N) is 1. The molecule has 4 heteroatoms. The number of nitrogens with one attached hydrogen (secondary N) is 1. The summed E-state index contributed by atoms with van der Waals surface area (Å²) in [6, 6.07) is 0. The monoisotopic (exact) mass is 163 g/mol. The molecular weight excluding hydrogens is 152 g/mol. The Morgan fingerprint density at radius 1 is 1.80 bits per heavy atom. The number of alkyl halides is 1. The minimum atomic E-state index is -0.405. The van der Waals surface area contributed by atoms with E-state index in [-0.39, 0.29) is 0 Å². The summed E-state index contributed by atoms with van der Waals surface area (Å²) in [4.78, 5) is 0. The van der Waals surface area contributed by atoms with E-state index in [1.807, 2.05) is 10.9 Å². The van der Waals surface area contributed by atoms with Gasteiger partial charge in [-0.2, -0.15) is 0 Å². The molecule has 0 aromatic heterocycles. The molecule has 10 heavy (non-hydrogen) atoms. The van der Waals surface area contributed by atoms with Crippen LogP contribution in [-0.4, -0.2) is 47.6 Å². The summed E-state index contributed by atoms with van der Waals surface area (Å²) in [7, 11) is 0. The van der Waals surface area contributed by atoms with Gasteiger partial charge in [0.05, 0.1) is 5.88 Å². The first-order valence-corrected chi connectivity index (χ1v) is 3.91. The minimum absolute atomic E-state index is 0.310. The maximum atomic E-state index is 9.10. The van der Waals surface area contributed by atoms with Crippen LogP contribution in [0.1, 0.15) is 0 Å². The summed E-state index contributed by atoms with van der Waals surface area (Å²) in [6.07, 6.45) is 1.48. The molecule has 1 heterocycles. The zero-order valence-electron chi connectivity index (χ0n) is 5.76. The van der Waals surface area contributed by atoms with Crippen molar-refractivity contribution >= 4 is 17.9 Å². The van der Waals surface area contributed by atoms with Gasteiger partial charge in [-0.25, -0.2) is 0 Å². The van der Waals surface area contributed by atoms with Crippen molar-refractivity contribution in [2.24, 2.45) is 0 Å². The molecule has 0 fully saturated rings. The molecule has 1 aliphatic rings. The van der Waals surface area contributed by atoms with Gasteiger partial charge in [0.15, 0.2) is 0 Å². The number of hydrogen-bond donors (Lipinski definition) is 2. The van der Waals surface area contributed by atoms with Gasteiger partial charge in [0.2, 0.25) is 6.34 Å². The fourth-order valence-electron chi connectivity index (χ4n) is 0.930. The van der Waals surface area contributed by atoms with E-state index < -0.39 is 6.10 Å². The summed E-state index contributed by atoms with van der Waals surface area (Å²) in [5, 5.41) is 12.1. The Bertz CT molecular complexity index is 138. The highest BCUT2D eigenvalue weighted by Crippen LogP contribution is 1.89. The molecule has 1 aliphatic heterocycles. The number of nitrogens with zero attached hydrogens (tertiary/aromatic N) is 1. The SMILES string of the molecule is OC(CCl)C[N+]1=CNCC1. The Morgan fingerprint density at radius 3 is 3.10 bits per heavy atom. The molecule has 0 aliphatic carbocycles. The standard InChI is InChI=1S/C6H11ClN2O/c7-3-6(10)4-9-2-1-8-5-9/h5-6,10H,1-4H2/p+1. The average Bonchev–Trinajstić information content (AvgIpc) is 2.40. The molecule has 0 radical (unpaired) electrons. The number of hydrogen-bond acceptors (Lipinski definition) is 2. The van der Waals surface area contributed by atoms with Crippen molar-refractivity contribution in [3.05, 3.63) is 0 Å². The summed E-state index contributed by atoms with van der Waals surface area (Å²) in [6.45, 7) is 2.57. The van der Waals surface area contributed by atoms with Gasteiger partial charge in [-0.05, 0) is 0 Å². The highest BCUT2D eigenvalue weighted by Gasteiger charge is 2.12. The lowest BCUT2D eigenvalue weighted by Gasteiger charge is -2.04. The molecule has 1 unspecified atom stereocenters. The molecule has 3 nitrogen and oxygen atoms in total. The number of rotatable bonds is 3. The van der Waals surface area contributed by atoms with Gasteiger partial charge < -0.3 is 5.11 Å². The molecule has 1 atom stereocenters. The molecule has 0 spiro atoms. The van der Waals surface area contributed by atoms with Crippen molar-refractivity contribution in [2.45, 2.75) is 6.10 Å². The van der Waals surface area contributed by atoms with E-state index in [4.69, 9.17) is 16.7 Å². The molecule has 0 amide bonds. The molecule has 0 aromatic carbocycles. The topological polar surface area (TPSA) is 35.3 Å². The van der Waals surface area contributed by atoms with Gasteiger partial charge in [0.1, 0.15) is 25.7 Å². The third-order valence-electron chi connectivity index (χ3n) is 1.44. The van der Waals surface area contributed by atoms with Crippen molar-refractivity contribution in [2.75, 3.05) is 25.5 Å². The second-order valence-electron chi connectivity index (χ2n) is 2.39. The smallest absolute Gasteiger partial charge is 0.232 e. The van der Waals surface area contributed by atoms with Gasteiger partial charge >= 0.3 is 0 Å². The normalized spacial score (nSPS) is 20.0. The maximum Gasteiger partial charge on any atom is 0.232 e. The van der Waals surface area contributed by atoms with Crippen molar-refractivity contribution in [3.63, 3.8) is 0 Å². The van der Waals surface area contributed by atoms with Crippen molar-refractivity contribution in [3.8, 4) is 0 Å². The van der Waals surface area contributed by atoms with Crippen LogP contribution < -0.4 is 5.32 Å².